The highest BCUT2D eigenvalue weighted by molar-refractivity contribution is 8.18. The third kappa shape index (κ3) is 5.18. The quantitative estimate of drug-likeness (QED) is 0.724. The van der Waals surface area contributed by atoms with Crippen LogP contribution >= 0.6 is 11.8 Å². The highest BCUT2D eigenvalue weighted by Crippen LogP contribution is 2.32. The summed E-state index contributed by atoms with van der Waals surface area (Å²) in [5, 5.41) is 2.30. The van der Waals surface area contributed by atoms with Gasteiger partial charge in [0.1, 0.15) is 5.82 Å². The molecule has 0 bridgehead atoms. The first-order valence-electron chi connectivity index (χ1n) is 9.04. The number of nitrogens with zero attached hydrogens (tertiary/aromatic N) is 2. The summed E-state index contributed by atoms with van der Waals surface area (Å²) >= 11 is 0.770. The van der Waals surface area contributed by atoms with E-state index in [1.807, 2.05) is 11.8 Å². The molecule has 1 aromatic carbocycles. The molecule has 0 aromatic heterocycles. The van der Waals surface area contributed by atoms with Crippen molar-refractivity contribution in [3.63, 3.8) is 0 Å². The van der Waals surface area contributed by atoms with Gasteiger partial charge in [0.2, 0.25) is 5.91 Å². The van der Waals surface area contributed by atoms with Gasteiger partial charge in [-0.05, 0) is 30.8 Å². The highest BCUT2D eigenvalue weighted by Gasteiger charge is 2.34. The molecule has 2 heterocycles. The molecule has 1 atom stereocenters. The number of ether oxygens (including phenoxy) is 1. The summed E-state index contributed by atoms with van der Waals surface area (Å²) in [7, 11) is 0. The van der Waals surface area contributed by atoms with Crippen LogP contribution in [0.3, 0.4) is 0 Å². The Morgan fingerprint density at radius 3 is 2.93 bits per heavy atom. The van der Waals surface area contributed by atoms with E-state index in [1.54, 1.807) is 12.1 Å². The molecule has 0 aliphatic carbocycles. The summed E-state index contributed by atoms with van der Waals surface area (Å²) < 4.78 is 19.2. The van der Waals surface area contributed by atoms with Gasteiger partial charge >= 0.3 is 0 Å². The predicted molar refractivity (Wildman–Crippen MR) is 104 cm³/mol. The molecular formula is C19H22FN3O4S. The number of thioether (sulfide) groups is 1. The minimum atomic E-state index is -0.477. The molecule has 28 heavy (non-hydrogen) atoms. The molecule has 9 heteroatoms. The third-order valence-corrected chi connectivity index (χ3v) is 5.32. The zero-order valence-electron chi connectivity index (χ0n) is 15.5. The Morgan fingerprint density at radius 1 is 1.39 bits per heavy atom. The number of halogens is 1. The van der Waals surface area contributed by atoms with Crippen molar-refractivity contribution < 1.29 is 23.5 Å². The molecule has 2 fully saturated rings. The SMILES string of the molecule is CC1CN(CC(=O)NCCN2C(=O)SC(=Cc3ccccc3F)C2=O)CCO1. The van der Waals surface area contributed by atoms with E-state index < -0.39 is 17.0 Å². The van der Waals surface area contributed by atoms with Crippen molar-refractivity contribution in [2.24, 2.45) is 0 Å². The number of hydrogen-bond acceptors (Lipinski definition) is 6. The van der Waals surface area contributed by atoms with Crippen molar-refractivity contribution in [2.75, 3.05) is 39.3 Å². The standard InChI is InChI=1S/C19H22FN3O4S/c1-13-11-22(8-9-27-13)12-17(24)21-6-7-23-18(25)16(28-19(23)26)10-14-4-2-3-5-15(14)20/h2-5,10,13H,6-9,11-12H2,1H3,(H,21,24). The summed E-state index contributed by atoms with van der Waals surface area (Å²) in [6.07, 6.45) is 1.47. The molecule has 2 aliphatic heterocycles. The molecule has 0 spiro atoms. The number of carbonyl (C=O) groups excluding carboxylic acids is 3. The largest absolute Gasteiger partial charge is 0.376 e. The van der Waals surface area contributed by atoms with Gasteiger partial charge in [-0.15, -0.1) is 0 Å². The number of imide groups is 1. The van der Waals surface area contributed by atoms with Gasteiger partial charge in [-0.2, -0.15) is 0 Å². The van der Waals surface area contributed by atoms with Gasteiger partial charge < -0.3 is 10.1 Å². The van der Waals surface area contributed by atoms with Crippen LogP contribution in [0.1, 0.15) is 12.5 Å². The number of carbonyl (C=O) groups is 3. The van der Waals surface area contributed by atoms with Crippen molar-refractivity contribution in [1.29, 1.82) is 0 Å². The van der Waals surface area contributed by atoms with Gasteiger partial charge in [-0.1, -0.05) is 18.2 Å². The lowest BCUT2D eigenvalue weighted by Gasteiger charge is -2.30. The molecule has 0 radical (unpaired) electrons. The molecule has 2 aliphatic rings. The molecule has 1 N–H and O–H groups in total. The Bertz CT molecular complexity index is 801. The molecule has 3 rings (SSSR count). The molecular weight excluding hydrogens is 385 g/mol. The van der Waals surface area contributed by atoms with E-state index >= 15 is 0 Å². The number of rotatable bonds is 6. The van der Waals surface area contributed by atoms with Crippen LogP contribution in [0.2, 0.25) is 0 Å². The van der Waals surface area contributed by atoms with Crippen LogP contribution < -0.4 is 5.32 Å². The molecule has 1 aromatic rings. The average Bonchev–Trinajstić information content (AvgIpc) is 2.91. The first-order chi connectivity index (χ1) is 13.4. The Balaban J connectivity index is 1.49. The average molecular weight is 407 g/mol. The van der Waals surface area contributed by atoms with E-state index in [1.165, 1.54) is 18.2 Å². The van der Waals surface area contributed by atoms with Gasteiger partial charge in [-0.3, -0.25) is 24.2 Å². The monoisotopic (exact) mass is 407 g/mol. The van der Waals surface area contributed by atoms with Crippen molar-refractivity contribution in [1.82, 2.24) is 15.1 Å². The fourth-order valence-corrected chi connectivity index (χ4v) is 3.88. The van der Waals surface area contributed by atoms with Gasteiger partial charge in [0.15, 0.2) is 0 Å². The van der Waals surface area contributed by atoms with Crippen molar-refractivity contribution in [2.45, 2.75) is 13.0 Å². The van der Waals surface area contributed by atoms with Gasteiger partial charge in [-0.25, -0.2) is 4.39 Å². The second-order valence-electron chi connectivity index (χ2n) is 6.62. The smallest absolute Gasteiger partial charge is 0.293 e. The minimum Gasteiger partial charge on any atom is -0.376 e. The van der Waals surface area contributed by atoms with Crippen molar-refractivity contribution in [3.8, 4) is 0 Å². The summed E-state index contributed by atoms with van der Waals surface area (Å²) in [5.41, 5.74) is 0.251. The summed E-state index contributed by atoms with van der Waals surface area (Å²) in [6, 6.07) is 6.04. The van der Waals surface area contributed by atoms with Gasteiger partial charge in [0, 0.05) is 31.7 Å². The zero-order valence-corrected chi connectivity index (χ0v) is 16.3. The van der Waals surface area contributed by atoms with Crippen molar-refractivity contribution in [3.05, 3.63) is 40.6 Å². The Morgan fingerprint density at radius 2 is 2.18 bits per heavy atom. The fourth-order valence-electron chi connectivity index (χ4n) is 3.03. The molecule has 150 valence electrons. The normalized spacial score (nSPS) is 22.1. The van der Waals surface area contributed by atoms with E-state index in [0.717, 1.165) is 16.7 Å². The highest BCUT2D eigenvalue weighted by atomic mass is 32.2. The maximum absolute atomic E-state index is 13.7. The second-order valence-corrected chi connectivity index (χ2v) is 7.61. The lowest BCUT2D eigenvalue weighted by atomic mass is 10.2. The van der Waals surface area contributed by atoms with Gasteiger partial charge in [0.25, 0.3) is 11.1 Å². The van der Waals surface area contributed by atoms with Crippen molar-refractivity contribution >= 4 is 34.9 Å². The van der Waals surface area contributed by atoms with E-state index in [0.29, 0.717) is 19.7 Å². The number of nitrogens with one attached hydrogen (secondary N) is 1. The van der Waals surface area contributed by atoms with Crippen LogP contribution in [0.25, 0.3) is 6.08 Å². The number of benzene rings is 1. The minimum absolute atomic E-state index is 0.0739. The summed E-state index contributed by atoms with van der Waals surface area (Å²) in [4.78, 5) is 39.8. The van der Waals surface area contributed by atoms with Crippen LogP contribution in [0.5, 0.6) is 0 Å². The molecule has 3 amide bonds. The predicted octanol–water partition coefficient (Wildman–Crippen LogP) is 1.70. The van der Waals surface area contributed by atoms with Gasteiger partial charge in [0.05, 0.1) is 24.2 Å². The summed E-state index contributed by atoms with van der Waals surface area (Å²) in [5.74, 6) is -1.10. The van der Waals surface area contributed by atoms with Crippen LogP contribution in [0, 0.1) is 5.82 Å². The Kier molecular flexibility index (Phi) is 6.82. The molecule has 7 nitrogen and oxygen atoms in total. The van der Waals surface area contributed by atoms with E-state index in [4.69, 9.17) is 4.74 Å². The molecule has 1 unspecified atom stereocenters. The summed E-state index contributed by atoms with van der Waals surface area (Å²) in [6.45, 7) is 4.44. The maximum Gasteiger partial charge on any atom is 0.293 e. The van der Waals surface area contributed by atoms with E-state index in [2.05, 4.69) is 5.32 Å². The maximum atomic E-state index is 13.7. The Labute approximate surface area is 166 Å². The first-order valence-corrected chi connectivity index (χ1v) is 9.86. The lowest BCUT2D eigenvalue weighted by molar-refractivity contribution is -0.125. The molecule has 0 saturated carbocycles. The third-order valence-electron chi connectivity index (χ3n) is 4.42. The fraction of sp³-hybridized carbons (Fsp3) is 0.421. The van der Waals surface area contributed by atoms with Crippen LogP contribution in [0.15, 0.2) is 29.2 Å². The van der Waals surface area contributed by atoms with Crippen LogP contribution in [0.4, 0.5) is 9.18 Å². The van der Waals surface area contributed by atoms with Crippen LogP contribution in [-0.2, 0) is 14.3 Å². The topological polar surface area (TPSA) is 79.0 Å². The molecule has 2 saturated heterocycles. The van der Waals surface area contributed by atoms with E-state index in [-0.39, 0.29) is 42.1 Å². The van der Waals surface area contributed by atoms with E-state index in [9.17, 15) is 18.8 Å². The lowest BCUT2D eigenvalue weighted by Crippen LogP contribution is -2.47. The zero-order chi connectivity index (χ0) is 20.1. The second kappa shape index (κ2) is 9.31. The number of morpholine rings is 1. The number of amides is 3. The Hall–Kier alpha value is -2.23. The van der Waals surface area contributed by atoms with Crippen LogP contribution in [-0.4, -0.2) is 72.3 Å². The first kappa shape index (κ1) is 20.5. The number of hydrogen-bond donors (Lipinski definition) is 1.